The SMILES string of the molecule is OCCN1CCN(CCc2cc(F)c(O)c3ncccc23)CC1. The number of aromatic nitrogens is 1. The van der Waals surface area contributed by atoms with Crippen LogP contribution in [0.4, 0.5) is 4.39 Å². The fourth-order valence-electron chi connectivity index (χ4n) is 3.13. The molecule has 23 heavy (non-hydrogen) atoms. The number of aliphatic hydroxyl groups excluding tert-OH is 1. The number of aromatic hydroxyl groups is 1. The van der Waals surface area contributed by atoms with E-state index < -0.39 is 5.82 Å². The smallest absolute Gasteiger partial charge is 0.178 e. The highest BCUT2D eigenvalue weighted by molar-refractivity contribution is 5.87. The van der Waals surface area contributed by atoms with E-state index in [1.54, 1.807) is 12.3 Å². The Balaban J connectivity index is 1.67. The largest absolute Gasteiger partial charge is 0.503 e. The average Bonchev–Trinajstić information content (AvgIpc) is 2.58. The summed E-state index contributed by atoms with van der Waals surface area (Å²) in [7, 11) is 0. The number of nitrogens with zero attached hydrogens (tertiary/aromatic N) is 3. The van der Waals surface area contributed by atoms with Crippen molar-refractivity contribution in [3.05, 3.63) is 35.8 Å². The summed E-state index contributed by atoms with van der Waals surface area (Å²) >= 11 is 0. The molecule has 1 aliphatic heterocycles. The molecule has 124 valence electrons. The molecule has 0 amide bonds. The van der Waals surface area contributed by atoms with Gasteiger partial charge in [-0.2, -0.15) is 0 Å². The van der Waals surface area contributed by atoms with Crippen LogP contribution in [0.3, 0.4) is 0 Å². The molecule has 3 rings (SSSR count). The van der Waals surface area contributed by atoms with Crippen LogP contribution in [0.1, 0.15) is 5.56 Å². The van der Waals surface area contributed by atoms with Crippen LogP contribution < -0.4 is 0 Å². The van der Waals surface area contributed by atoms with Crippen molar-refractivity contribution in [3.63, 3.8) is 0 Å². The predicted octanol–water partition coefficient (Wildman–Crippen LogP) is 1.23. The molecule has 0 aliphatic carbocycles. The summed E-state index contributed by atoms with van der Waals surface area (Å²) in [5.74, 6) is -0.985. The van der Waals surface area contributed by atoms with Crippen molar-refractivity contribution in [1.29, 1.82) is 0 Å². The van der Waals surface area contributed by atoms with Crippen LogP contribution in [0.15, 0.2) is 24.4 Å². The fraction of sp³-hybridized carbons (Fsp3) is 0.471. The summed E-state index contributed by atoms with van der Waals surface area (Å²) in [4.78, 5) is 8.69. The lowest BCUT2D eigenvalue weighted by Crippen LogP contribution is -2.47. The van der Waals surface area contributed by atoms with E-state index in [4.69, 9.17) is 5.11 Å². The molecule has 6 heteroatoms. The van der Waals surface area contributed by atoms with Gasteiger partial charge in [0.05, 0.1) is 6.61 Å². The zero-order valence-electron chi connectivity index (χ0n) is 13.1. The zero-order valence-corrected chi connectivity index (χ0v) is 13.1. The first-order valence-electron chi connectivity index (χ1n) is 7.99. The van der Waals surface area contributed by atoms with Crippen molar-refractivity contribution in [2.45, 2.75) is 6.42 Å². The molecule has 0 atom stereocenters. The molecule has 2 heterocycles. The van der Waals surface area contributed by atoms with E-state index in [1.165, 1.54) is 6.07 Å². The van der Waals surface area contributed by atoms with E-state index in [-0.39, 0.29) is 12.4 Å². The lowest BCUT2D eigenvalue weighted by Gasteiger charge is -2.34. The third-order valence-corrected chi connectivity index (χ3v) is 4.48. The van der Waals surface area contributed by atoms with Crippen LogP contribution >= 0.6 is 0 Å². The molecule has 2 aromatic rings. The van der Waals surface area contributed by atoms with Crippen LogP contribution in [-0.4, -0.2) is 70.9 Å². The third-order valence-electron chi connectivity index (χ3n) is 4.48. The maximum atomic E-state index is 13.9. The van der Waals surface area contributed by atoms with Gasteiger partial charge in [-0.25, -0.2) is 4.39 Å². The van der Waals surface area contributed by atoms with Gasteiger partial charge in [0.25, 0.3) is 0 Å². The Morgan fingerprint density at radius 2 is 1.83 bits per heavy atom. The first-order valence-corrected chi connectivity index (χ1v) is 7.99. The Labute approximate surface area is 135 Å². The number of hydrogen-bond acceptors (Lipinski definition) is 5. The molecule has 0 unspecified atom stereocenters. The van der Waals surface area contributed by atoms with E-state index >= 15 is 0 Å². The summed E-state index contributed by atoms with van der Waals surface area (Å²) < 4.78 is 13.9. The van der Waals surface area contributed by atoms with Crippen molar-refractivity contribution in [1.82, 2.24) is 14.8 Å². The number of halogens is 1. The number of rotatable bonds is 5. The molecule has 5 nitrogen and oxygen atoms in total. The number of phenolic OH excluding ortho intramolecular Hbond substituents is 1. The van der Waals surface area contributed by atoms with Crippen LogP contribution in [0.5, 0.6) is 5.75 Å². The van der Waals surface area contributed by atoms with E-state index in [0.717, 1.165) is 56.6 Å². The topological polar surface area (TPSA) is 59.8 Å². The number of hydrogen-bond donors (Lipinski definition) is 2. The highest BCUT2D eigenvalue weighted by Crippen LogP contribution is 2.29. The van der Waals surface area contributed by atoms with Crippen molar-refractivity contribution < 1.29 is 14.6 Å². The van der Waals surface area contributed by atoms with Gasteiger partial charge in [-0.15, -0.1) is 0 Å². The Bertz CT molecular complexity index is 672. The fourth-order valence-corrected chi connectivity index (χ4v) is 3.13. The van der Waals surface area contributed by atoms with Gasteiger partial charge in [0.2, 0.25) is 0 Å². The molecule has 1 saturated heterocycles. The molecule has 0 spiro atoms. The molecule has 0 radical (unpaired) electrons. The highest BCUT2D eigenvalue weighted by Gasteiger charge is 2.17. The highest BCUT2D eigenvalue weighted by atomic mass is 19.1. The molecular formula is C17H22FN3O2. The number of phenols is 1. The van der Waals surface area contributed by atoms with Gasteiger partial charge >= 0.3 is 0 Å². The van der Waals surface area contributed by atoms with Gasteiger partial charge in [0.1, 0.15) is 5.52 Å². The number of piperazine rings is 1. The first-order chi connectivity index (χ1) is 11.2. The second kappa shape index (κ2) is 7.21. The van der Waals surface area contributed by atoms with Crippen LogP contribution in [-0.2, 0) is 6.42 Å². The monoisotopic (exact) mass is 319 g/mol. The number of β-amino-alcohol motifs (C(OH)–C–C–N with tert-alkyl or cyclic N) is 1. The van der Waals surface area contributed by atoms with Gasteiger partial charge in [-0.05, 0) is 24.1 Å². The number of fused-ring (bicyclic) bond motifs is 1. The molecule has 1 aromatic carbocycles. The minimum absolute atomic E-state index is 0.200. The van der Waals surface area contributed by atoms with Crippen LogP contribution in [0.25, 0.3) is 10.9 Å². The van der Waals surface area contributed by atoms with E-state index in [2.05, 4.69) is 14.8 Å². The lowest BCUT2D eigenvalue weighted by molar-refractivity contribution is 0.113. The lowest BCUT2D eigenvalue weighted by atomic mass is 10.0. The van der Waals surface area contributed by atoms with Gasteiger partial charge in [0.15, 0.2) is 11.6 Å². The van der Waals surface area contributed by atoms with Gasteiger partial charge in [0, 0.05) is 50.9 Å². The molecular weight excluding hydrogens is 297 g/mol. The Morgan fingerprint density at radius 1 is 1.13 bits per heavy atom. The molecule has 1 aliphatic rings. The Morgan fingerprint density at radius 3 is 2.52 bits per heavy atom. The van der Waals surface area contributed by atoms with Crippen LogP contribution in [0.2, 0.25) is 0 Å². The average molecular weight is 319 g/mol. The van der Waals surface area contributed by atoms with E-state index in [1.807, 2.05) is 6.07 Å². The molecule has 1 aromatic heterocycles. The Hall–Kier alpha value is -1.76. The normalized spacial score (nSPS) is 17.0. The molecule has 0 saturated carbocycles. The minimum Gasteiger partial charge on any atom is -0.503 e. The summed E-state index contributed by atoms with van der Waals surface area (Å²) in [6.45, 7) is 5.59. The minimum atomic E-state index is -0.612. The van der Waals surface area contributed by atoms with E-state index in [0.29, 0.717) is 5.52 Å². The quantitative estimate of drug-likeness (QED) is 0.868. The van der Waals surface area contributed by atoms with Crippen molar-refractivity contribution >= 4 is 10.9 Å². The molecule has 1 fully saturated rings. The first kappa shape index (κ1) is 16.1. The predicted molar refractivity (Wildman–Crippen MR) is 87.0 cm³/mol. The molecule has 0 bridgehead atoms. The van der Waals surface area contributed by atoms with Crippen molar-refractivity contribution in [2.75, 3.05) is 45.9 Å². The molecule has 2 N–H and O–H groups in total. The van der Waals surface area contributed by atoms with E-state index in [9.17, 15) is 9.50 Å². The number of pyridine rings is 1. The second-order valence-corrected chi connectivity index (χ2v) is 5.92. The second-order valence-electron chi connectivity index (χ2n) is 5.92. The maximum absolute atomic E-state index is 13.9. The maximum Gasteiger partial charge on any atom is 0.178 e. The standard InChI is InChI=1S/C17H22FN3O2/c18-15-12-13(14-2-1-4-19-16(14)17(15)23)3-5-20-6-8-21(9-7-20)10-11-22/h1-2,4,12,22-23H,3,5-11H2. The van der Waals surface area contributed by atoms with Gasteiger partial charge in [-0.1, -0.05) is 6.07 Å². The summed E-state index contributed by atoms with van der Waals surface area (Å²) in [5.41, 5.74) is 1.21. The number of aliphatic hydroxyl groups is 1. The van der Waals surface area contributed by atoms with Crippen LogP contribution in [0, 0.1) is 5.82 Å². The van der Waals surface area contributed by atoms with Crippen molar-refractivity contribution in [2.24, 2.45) is 0 Å². The number of benzene rings is 1. The Kier molecular flexibility index (Phi) is 5.05. The summed E-state index contributed by atoms with van der Waals surface area (Å²) in [6, 6.07) is 5.09. The third kappa shape index (κ3) is 3.60. The van der Waals surface area contributed by atoms with Crippen molar-refractivity contribution in [3.8, 4) is 5.75 Å². The van der Waals surface area contributed by atoms with Gasteiger partial charge < -0.3 is 15.1 Å². The van der Waals surface area contributed by atoms with Gasteiger partial charge in [-0.3, -0.25) is 9.88 Å². The zero-order chi connectivity index (χ0) is 16.2. The summed E-state index contributed by atoms with van der Waals surface area (Å²) in [6.07, 6.45) is 2.28. The summed E-state index contributed by atoms with van der Waals surface area (Å²) in [5, 5.41) is 19.6.